The van der Waals surface area contributed by atoms with Crippen molar-refractivity contribution in [3.63, 3.8) is 0 Å². The summed E-state index contributed by atoms with van der Waals surface area (Å²) in [5, 5.41) is 10.0. The lowest BCUT2D eigenvalue weighted by Gasteiger charge is -1.91. The number of aryl methyl sites for hydroxylation is 1. The van der Waals surface area contributed by atoms with E-state index in [2.05, 4.69) is 15.4 Å². The first-order valence-corrected chi connectivity index (χ1v) is 4.17. The molecule has 0 fully saturated rings. The Labute approximate surface area is 80.1 Å². The van der Waals surface area contributed by atoms with Gasteiger partial charge in [-0.2, -0.15) is 15.4 Å². The molecule has 2 aromatic heterocycles. The zero-order valence-corrected chi connectivity index (χ0v) is 7.87. The molecule has 2 heterocycles. The fraction of sp³-hybridized carbons (Fsp3) is 0.222. The number of Topliss-reactive ketones (excluding diaryl/α,β-unsaturated/α-hetero) is 1. The molecule has 2 aromatic rings. The minimum absolute atomic E-state index is 0.136. The van der Waals surface area contributed by atoms with Crippen molar-refractivity contribution in [1.29, 1.82) is 0 Å². The summed E-state index contributed by atoms with van der Waals surface area (Å²) in [4.78, 5) is 11.1. The average Bonchev–Trinajstić information content (AvgIpc) is 2.70. The third kappa shape index (κ3) is 1.32. The Morgan fingerprint density at radius 2 is 2.21 bits per heavy atom. The lowest BCUT2D eigenvalue weighted by Crippen LogP contribution is -1.94. The Morgan fingerprint density at radius 3 is 2.79 bits per heavy atom. The number of nitrogens with zero attached hydrogens (tertiary/aromatic N) is 2. The molecule has 0 aliphatic rings. The quantitative estimate of drug-likeness (QED) is 0.731. The van der Waals surface area contributed by atoms with Gasteiger partial charge in [-0.25, -0.2) is 0 Å². The van der Waals surface area contributed by atoms with Crippen LogP contribution in [-0.2, 0) is 0 Å². The van der Waals surface area contributed by atoms with Crippen molar-refractivity contribution in [2.45, 2.75) is 13.8 Å². The number of aromatic nitrogens is 3. The third-order valence-corrected chi connectivity index (χ3v) is 1.86. The second-order valence-electron chi connectivity index (χ2n) is 2.99. The number of H-pyrrole nitrogens is 1. The Bertz CT molecular complexity index is 470. The molecule has 14 heavy (non-hydrogen) atoms. The predicted octanol–water partition coefficient (Wildman–Crippen LogP) is 1.58. The van der Waals surface area contributed by atoms with E-state index in [0.29, 0.717) is 17.1 Å². The molecule has 5 heteroatoms. The van der Waals surface area contributed by atoms with E-state index in [9.17, 15) is 4.79 Å². The highest BCUT2D eigenvalue weighted by molar-refractivity contribution is 5.97. The smallest absolute Gasteiger partial charge is 0.182 e. The first kappa shape index (κ1) is 8.68. The van der Waals surface area contributed by atoms with Crippen molar-refractivity contribution < 1.29 is 9.21 Å². The highest BCUT2D eigenvalue weighted by Gasteiger charge is 2.16. The SMILES string of the molecule is CC(=O)c1n[nH]nc1-c1ccc(C)o1. The van der Waals surface area contributed by atoms with Gasteiger partial charge in [0.15, 0.2) is 22.9 Å². The molecule has 0 amide bonds. The monoisotopic (exact) mass is 191 g/mol. The maximum absolute atomic E-state index is 11.1. The zero-order chi connectivity index (χ0) is 10.1. The summed E-state index contributed by atoms with van der Waals surface area (Å²) < 4.78 is 5.34. The molecular weight excluding hydrogens is 182 g/mol. The highest BCUT2D eigenvalue weighted by atomic mass is 16.3. The van der Waals surface area contributed by atoms with Gasteiger partial charge in [0.1, 0.15) is 5.76 Å². The molecule has 0 atom stereocenters. The first-order chi connectivity index (χ1) is 6.68. The summed E-state index contributed by atoms with van der Waals surface area (Å²) in [7, 11) is 0. The molecule has 0 aliphatic heterocycles. The van der Waals surface area contributed by atoms with Gasteiger partial charge in [0, 0.05) is 6.92 Å². The van der Waals surface area contributed by atoms with E-state index in [1.54, 1.807) is 6.07 Å². The number of hydrogen-bond acceptors (Lipinski definition) is 4. The maximum atomic E-state index is 11.1. The second-order valence-corrected chi connectivity index (χ2v) is 2.99. The van der Waals surface area contributed by atoms with Gasteiger partial charge in [-0.15, -0.1) is 0 Å². The number of carbonyl (C=O) groups excluding carboxylic acids is 1. The van der Waals surface area contributed by atoms with E-state index >= 15 is 0 Å². The normalized spacial score (nSPS) is 10.4. The first-order valence-electron chi connectivity index (χ1n) is 4.17. The molecule has 0 bridgehead atoms. The summed E-state index contributed by atoms with van der Waals surface area (Å²) >= 11 is 0. The van der Waals surface area contributed by atoms with Gasteiger partial charge in [0.2, 0.25) is 0 Å². The molecule has 1 N–H and O–H groups in total. The summed E-state index contributed by atoms with van der Waals surface area (Å²) in [5.41, 5.74) is 0.768. The topological polar surface area (TPSA) is 71.8 Å². The number of furan rings is 1. The largest absolute Gasteiger partial charge is 0.460 e. The lowest BCUT2D eigenvalue weighted by molar-refractivity contribution is 0.101. The van der Waals surface area contributed by atoms with Gasteiger partial charge in [0.05, 0.1) is 0 Å². The van der Waals surface area contributed by atoms with E-state index in [1.165, 1.54) is 6.92 Å². The van der Waals surface area contributed by atoms with Crippen LogP contribution in [0, 0.1) is 6.92 Å². The molecule has 2 rings (SSSR count). The average molecular weight is 191 g/mol. The molecule has 0 aromatic carbocycles. The zero-order valence-electron chi connectivity index (χ0n) is 7.87. The maximum Gasteiger partial charge on any atom is 0.182 e. The van der Waals surface area contributed by atoms with E-state index < -0.39 is 0 Å². The van der Waals surface area contributed by atoms with Crippen molar-refractivity contribution >= 4 is 5.78 Å². The van der Waals surface area contributed by atoms with Gasteiger partial charge in [-0.1, -0.05) is 0 Å². The fourth-order valence-electron chi connectivity index (χ4n) is 1.21. The second kappa shape index (κ2) is 3.10. The van der Waals surface area contributed by atoms with Crippen LogP contribution in [-0.4, -0.2) is 21.2 Å². The molecular formula is C9H9N3O2. The van der Waals surface area contributed by atoms with Crippen LogP contribution in [0.5, 0.6) is 0 Å². The molecule has 0 saturated carbocycles. The molecule has 72 valence electrons. The van der Waals surface area contributed by atoms with Crippen molar-refractivity contribution in [2.24, 2.45) is 0 Å². The number of nitrogens with one attached hydrogen (secondary N) is 1. The minimum Gasteiger partial charge on any atom is -0.460 e. The van der Waals surface area contributed by atoms with E-state index in [1.807, 2.05) is 13.0 Å². The molecule has 5 nitrogen and oxygen atoms in total. The van der Waals surface area contributed by atoms with Crippen LogP contribution >= 0.6 is 0 Å². The Morgan fingerprint density at radius 1 is 1.43 bits per heavy atom. The molecule has 0 radical (unpaired) electrons. The van der Waals surface area contributed by atoms with Crippen molar-refractivity contribution in [2.75, 3.05) is 0 Å². The van der Waals surface area contributed by atoms with Crippen molar-refractivity contribution in [1.82, 2.24) is 15.4 Å². The molecule has 0 saturated heterocycles. The van der Waals surface area contributed by atoms with E-state index in [-0.39, 0.29) is 5.78 Å². The fourth-order valence-corrected chi connectivity index (χ4v) is 1.21. The highest BCUT2D eigenvalue weighted by Crippen LogP contribution is 2.21. The minimum atomic E-state index is -0.136. The van der Waals surface area contributed by atoms with Gasteiger partial charge in [0.25, 0.3) is 0 Å². The lowest BCUT2D eigenvalue weighted by atomic mass is 10.2. The van der Waals surface area contributed by atoms with Gasteiger partial charge >= 0.3 is 0 Å². The van der Waals surface area contributed by atoms with Crippen molar-refractivity contribution in [3.8, 4) is 11.5 Å². The third-order valence-electron chi connectivity index (χ3n) is 1.86. The van der Waals surface area contributed by atoms with Crippen LogP contribution in [0.1, 0.15) is 23.2 Å². The number of ketones is 1. The summed E-state index contributed by atoms with van der Waals surface area (Å²) in [6, 6.07) is 3.58. The number of aromatic amines is 1. The van der Waals surface area contributed by atoms with E-state index in [4.69, 9.17) is 4.42 Å². The molecule has 0 aliphatic carbocycles. The standard InChI is InChI=1S/C9H9N3O2/c1-5-3-4-7(14-5)9-8(6(2)13)10-12-11-9/h3-4H,1-2H3,(H,10,11,12). The Hall–Kier alpha value is -1.91. The predicted molar refractivity (Wildman–Crippen MR) is 48.8 cm³/mol. The van der Waals surface area contributed by atoms with Crippen LogP contribution < -0.4 is 0 Å². The van der Waals surface area contributed by atoms with Crippen LogP contribution in [0.4, 0.5) is 0 Å². The summed E-state index contributed by atoms with van der Waals surface area (Å²) in [5.74, 6) is 1.20. The van der Waals surface area contributed by atoms with Gasteiger partial charge in [-0.3, -0.25) is 4.79 Å². The summed E-state index contributed by atoms with van der Waals surface area (Å²) in [6.07, 6.45) is 0. The molecule has 0 unspecified atom stereocenters. The van der Waals surface area contributed by atoms with Crippen LogP contribution in [0.15, 0.2) is 16.5 Å². The number of rotatable bonds is 2. The Balaban J connectivity index is 2.51. The number of hydrogen-bond donors (Lipinski definition) is 1. The molecule has 0 spiro atoms. The van der Waals surface area contributed by atoms with Crippen LogP contribution in [0.2, 0.25) is 0 Å². The summed E-state index contributed by atoms with van der Waals surface area (Å²) in [6.45, 7) is 3.27. The number of carbonyl (C=O) groups is 1. The van der Waals surface area contributed by atoms with Gasteiger partial charge < -0.3 is 4.42 Å². The van der Waals surface area contributed by atoms with Gasteiger partial charge in [-0.05, 0) is 19.1 Å². The van der Waals surface area contributed by atoms with E-state index in [0.717, 1.165) is 5.76 Å². The Kier molecular flexibility index (Phi) is 1.92. The van der Waals surface area contributed by atoms with Crippen molar-refractivity contribution in [3.05, 3.63) is 23.6 Å². The van der Waals surface area contributed by atoms with Crippen LogP contribution in [0.3, 0.4) is 0 Å². The van der Waals surface area contributed by atoms with Crippen LogP contribution in [0.25, 0.3) is 11.5 Å².